The lowest BCUT2D eigenvalue weighted by atomic mass is 10.2. The van der Waals surface area contributed by atoms with E-state index in [1.54, 1.807) is 13.0 Å². The lowest BCUT2D eigenvalue weighted by Crippen LogP contribution is -2.16. The van der Waals surface area contributed by atoms with E-state index in [1.165, 1.54) is 28.2 Å². The van der Waals surface area contributed by atoms with E-state index in [-0.39, 0.29) is 18.0 Å². The fraction of sp³-hybridized carbons (Fsp3) is 0.0952. The summed E-state index contributed by atoms with van der Waals surface area (Å²) in [6.45, 7) is 1.73. The number of amides is 1. The molecule has 5 rings (SSSR count). The Labute approximate surface area is 180 Å². The first-order valence-corrected chi connectivity index (χ1v) is 10.3. The zero-order chi connectivity index (χ0) is 21.4. The van der Waals surface area contributed by atoms with Crippen molar-refractivity contribution in [3.63, 3.8) is 0 Å². The van der Waals surface area contributed by atoms with Crippen LogP contribution in [0.1, 0.15) is 11.5 Å². The normalized spacial score (nSPS) is 11.2. The SMILES string of the molecule is Cc1nnnn1-c1ccc(F)c(NC(=O)Cc2csc3nc(-c4ccccc4)cn23)c1. The van der Waals surface area contributed by atoms with E-state index in [1.807, 2.05) is 46.3 Å². The van der Waals surface area contributed by atoms with Crippen LogP contribution in [0.3, 0.4) is 0 Å². The largest absolute Gasteiger partial charge is 0.323 e. The first-order chi connectivity index (χ1) is 15.1. The molecule has 0 aliphatic heterocycles. The number of benzene rings is 2. The average molecular weight is 433 g/mol. The summed E-state index contributed by atoms with van der Waals surface area (Å²) in [5.41, 5.74) is 3.24. The molecule has 31 heavy (non-hydrogen) atoms. The van der Waals surface area contributed by atoms with Crippen LogP contribution in [0.15, 0.2) is 60.1 Å². The molecule has 2 aromatic carbocycles. The standard InChI is InChI=1S/C21H16FN7OS/c1-13-25-26-27-29(13)15-7-8-17(22)18(9-15)23-20(30)10-16-12-31-21-24-19(11-28(16)21)14-5-3-2-4-6-14/h2-9,11-12H,10H2,1H3,(H,23,30). The molecule has 0 aliphatic rings. The number of carbonyl (C=O) groups is 1. The summed E-state index contributed by atoms with van der Waals surface area (Å²) >= 11 is 1.46. The third-order valence-electron chi connectivity index (χ3n) is 4.79. The number of hydrogen-bond donors (Lipinski definition) is 1. The molecule has 0 saturated carbocycles. The van der Waals surface area contributed by atoms with Crippen molar-refractivity contribution in [2.24, 2.45) is 0 Å². The quantitative estimate of drug-likeness (QED) is 0.457. The summed E-state index contributed by atoms with van der Waals surface area (Å²) in [4.78, 5) is 18.1. The smallest absolute Gasteiger partial charge is 0.230 e. The summed E-state index contributed by atoms with van der Waals surface area (Å²) < 4.78 is 17.7. The van der Waals surface area contributed by atoms with Crippen molar-refractivity contribution >= 4 is 27.9 Å². The molecule has 0 atom stereocenters. The second-order valence-corrected chi connectivity index (χ2v) is 7.74. The summed E-state index contributed by atoms with van der Waals surface area (Å²) in [6, 6.07) is 14.2. The Kier molecular flexibility index (Phi) is 4.75. The minimum Gasteiger partial charge on any atom is -0.323 e. The van der Waals surface area contributed by atoms with Gasteiger partial charge in [-0.1, -0.05) is 30.3 Å². The van der Waals surface area contributed by atoms with Gasteiger partial charge in [0.15, 0.2) is 10.8 Å². The number of carbonyl (C=O) groups excluding carboxylic acids is 1. The molecule has 154 valence electrons. The van der Waals surface area contributed by atoms with Gasteiger partial charge in [0.1, 0.15) is 5.82 Å². The Morgan fingerprint density at radius 3 is 2.81 bits per heavy atom. The van der Waals surface area contributed by atoms with Gasteiger partial charge in [0.25, 0.3) is 0 Å². The van der Waals surface area contributed by atoms with E-state index in [4.69, 9.17) is 0 Å². The number of aromatic nitrogens is 6. The zero-order valence-corrected chi connectivity index (χ0v) is 17.2. The maximum Gasteiger partial charge on any atom is 0.230 e. The molecule has 8 nitrogen and oxygen atoms in total. The molecular formula is C21H16FN7OS. The molecule has 0 bridgehead atoms. The number of thiazole rings is 1. The number of anilines is 1. The number of nitrogens with zero attached hydrogens (tertiary/aromatic N) is 6. The Morgan fingerprint density at radius 2 is 2.03 bits per heavy atom. The number of nitrogens with one attached hydrogen (secondary N) is 1. The van der Waals surface area contributed by atoms with Crippen molar-refractivity contribution in [3.05, 3.63) is 77.4 Å². The predicted molar refractivity (Wildman–Crippen MR) is 115 cm³/mol. The van der Waals surface area contributed by atoms with Gasteiger partial charge in [0.05, 0.1) is 23.5 Å². The molecule has 0 aliphatic carbocycles. The lowest BCUT2D eigenvalue weighted by Gasteiger charge is -2.09. The highest BCUT2D eigenvalue weighted by atomic mass is 32.1. The minimum atomic E-state index is -0.535. The fourth-order valence-electron chi connectivity index (χ4n) is 3.27. The predicted octanol–water partition coefficient (Wildman–Crippen LogP) is 3.67. The molecule has 0 fully saturated rings. The van der Waals surface area contributed by atoms with Crippen molar-refractivity contribution in [1.82, 2.24) is 29.6 Å². The van der Waals surface area contributed by atoms with Crippen LogP contribution in [0.2, 0.25) is 0 Å². The molecule has 5 aromatic rings. The third kappa shape index (κ3) is 3.68. The average Bonchev–Trinajstić information content (AvgIpc) is 3.48. The van der Waals surface area contributed by atoms with Crippen molar-refractivity contribution in [2.75, 3.05) is 5.32 Å². The van der Waals surface area contributed by atoms with Crippen LogP contribution in [0.25, 0.3) is 21.9 Å². The van der Waals surface area contributed by atoms with Gasteiger partial charge in [0, 0.05) is 22.8 Å². The molecule has 0 radical (unpaired) electrons. The molecule has 10 heteroatoms. The number of imidazole rings is 1. The summed E-state index contributed by atoms with van der Waals surface area (Å²) in [5.74, 6) is -0.315. The fourth-order valence-corrected chi connectivity index (χ4v) is 4.15. The first kappa shape index (κ1) is 19.1. The van der Waals surface area contributed by atoms with Crippen molar-refractivity contribution in [2.45, 2.75) is 13.3 Å². The first-order valence-electron chi connectivity index (χ1n) is 9.44. The van der Waals surface area contributed by atoms with E-state index < -0.39 is 5.82 Å². The molecule has 0 unspecified atom stereocenters. The molecule has 1 amide bonds. The van der Waals surface area contributed by atoms with Gasteiger partial charge in [-0.2, -0.15) is 4.68 Å². The maximum absolute atomic E-state index is 14.3. The second-order valence-electron chi connectivity index (χ2n) is 6.90. The van der Waals surface area contributed by atoms with Gasteiger partial charge in [-0.15, -0.1) is 16.4 Å². The minimum absolute atomic E-state index is 0.0690. The Hall–Kier alpha value is -3.92. The number of tetrazole rings is 1. The van der Waals surface area contributed by atoms with Crippen LogP contribution in [-0.4, -0.2) is 35.5 Å². The van der Waals surface area contributed by atoms with Crippen LogP contribution >= 0.6 is 11.3 Å². The second kappa shape index (κ2) is 7.73. The Bertz CT molecular complexity index is 1390. The van der Waals surface area contributed by atoms with Gasteiger partial charge < -0.3 is 5.32 Å². The van der Waals surface area contributed by atoms with Gasteiger partial charge in [-0.05, 0) is 35.5 Å². The van der Waals surface area contributed by atoms with E-state index in [2.05, 4.69) is 25.8 Å². The highest BCUT2D eigenvalue weighted by Gasteiger charge is 2.15. The van der Waals surface area contributed by atoms with E-state index in [0.29, 0.717) is 11.5 Å². The van der Waals surface area contributed by atoms with Crippen LogP contribution in [0, 0.1) is 12.7 Å². The van der Waals surface area contributed by atoms with E-state index in [0.717, 1.165) is 21.9 Å². The molecule has 0 saturated heterocycles. The summed E-state index contributed by atoms with van der Waals surface area (Å²) in [5, 5.41) is 15.8. The van der Waals surface area contributed by atoms with Gasteiger partial charge in [-0.25, -0.2) is 9.37 Å². The zero-order valence-electron chi connectivity index (χ0n) is 16.4. The Balaban J connectivity index is 1.37. The Morgan fingerprint density at radius 1 is 1.19 bits per heavy atom. The van der Waals surface area contributed by atoms with Gasteiger partial charge >= 0.3 is 0 Å². The lowest BCUT2D eigenvalue weighted by molar-refractivity contribution is -0.115. The third-order valence-corrected chi connectivity index (χ3v) is 5.68. The number of fused-ring (bicyclic) bond motifs is 1. The van der Waals surface area contributed by atoms with Crippen LogP contribution < -0.4 is 5.32 Å². The van der Waals surface area contributed by atoms with E-state index in [9.17, 15) is 9.18 Å². The number of rotatable bonds is 5. The maximum atomic E-state index is 14.3. The van der Waals surface area contributed by atoms with Crippen molar-refractivity contribution in [1.29, 1.82) is 0 Å². The van der Waals surface area contributed by atoms with Gasteiger partial charge in [-0.3, -0.25) is 9.20 Å². The number of halogens is 1. The van der Waals surface area contributed by atoms with Crippen LogP contribution in [-0.2, 0) is 11.2 Å². The van der Waals surface area contributed by atoms with Crippen molar-refractivity contribution < 1.29 is 9.18 Å². The topological polar surface area (TPSA) is 90.0 Å². The monoisotopic (exact) mass is 433 g/mol. The highest BCUT2D eigenvalue weighted by molar-refractivity contribution is 7.15. The van der Waals surface area contributed by atoms with E-state index >= 15 is 0 Å². The number of hydrogen-bond acceptors (Lipinski definition) is 6. The highest BCUT2D eigenvalue weighted by Crippen LogP contribution is 2.24. The van der Waals surface area contributed by atoms with Crippen molar-refractivity contribution in [3.8, 4) is 16.9 Å². The van der Waals surface area contributed by atoms with Gasteiger partial charge in [0.2, 0.25) is 5.91 Å². The molecule has 1 N–H and O–H groups in total. The number of aryl methyl sites for hydroxylation is 1. The molecule has 0 spiro atoms. The van der Waals surface area contributed by atoms with Crippen LogP contribution in [0.4, 0.5) is 10.1 Å². The van der Waals surface area contributed by atoms with Crippen LogP contribution in [0.5, 0.6) is 0 Å². The molecule has 3 aromatic heterocycles. The summed E-state index contributed by atoms with van der Waals surface area (Å²) in [6.07, 6.45) is 1.99. The molecule has 3 heterocycles. The summed E-state index contributed by atoms with van der Waals surface area (Å²) in [7, 11) is 0. The molecular weight excluding hydrogens is 417 g/mol.